The topological polar surface area (TPSA) is 98.9 Å². The molecule has 0 aliphatic rings. The Labute approximate surface area is 172 Å². The van der Waals surface area contributed by atoms with Gasteiger partial charge in [-0.15, -0.1) is 0 Å². The summed E-state index contributed by atoms with van der Waals surface area (Å²) in [5, 5.41) is 0. The summed E-state index contributed by atoms with van der Waals surface area (Å²) < 4.78 is 37.6. The minimum absolute atomic E-state index is 0.00228. The third kappa shape index (κ3) is 9.20. The lowest BCUT2D eigenvalue weighted by atomic mass is 9.90. The standard InChI is InChI=1S/C20H42N2O5S/c1-11-14(2)17(21)18(23)26-13-16(27-15(3)19(4,5)6)12-22(20(7,8)9)28(10,24)25/h14-17H,11-13,21H2,1-10H3/t14-,15-,16-,17-/m0/s1. The molecule has 0 saturated heterocycles. The largest absolute Gasteiger partial charge is 0.462 e. The Balaban J connectivity index is 5.44. The summed E-state index contributed by atoms with van der Waals surface area (Å²) in [6.45, 7) is 17.4. The van der Waals surface area contributed by atoms with E-state index in [0.29, 0.717) is 0 Å². The molecule has 0 aromatic heterocycles. The lowest BCUT2D eigenvalue weighted by molar-refractivity contribution is -0.155. The zero-order valence-electron chi connectivity index (χ0n) is 19.4. The molecule has 0 aliphatic heterocycles. The van der Waals surface area contributed by atoms with Crippen molar-refractivity contribution in [3.8, 4) is 0 Å². The van der Waals surface area contributed by atoms with Gasteiger partial charge in [0.25, 0.3) is 0 Å². The molecule has 168 valence electrons. The van der Waals surface area contributed by atoms with Crippen molar-refractivity contribution in [1.82, 2.24) is 4.31 Å². The minimum atomic E-state index is -3.47. The first kappa shape index (κ1) is 27.3. The average molecular weight is 423 g/mol. The van der Waals surface area contributed by atoms with E-state index in [1.807, 2.05) is 62.3 Å². The molecule has 0 saturated carbocycles. The molecule has 0 aliphatic carbocycles. The van der Waals surface area contributed by atoms with E-state index in [9.17, 15) is 13.2 Å². The van der Waals surface area contributed by atoms with Gasteiger partial charge in [-0.2, -0.15) is 4.31 Å². The molecule has 0 bridgehead atoms. The molecule has 2 N–H and O–H groups in total. The SMILES string of the molecule is CC[C@H](C)[C@H](N)C(=O)OC[C@H](CN(C(C)(C)C)S(C)(=O)=O)O[C@@H](C)C(C)(C)C. The molecule has 0 rings (SSSR count). The molecule has 0 aromatic rings. The highest BCUT2D eigenvalue weighted by atomic mass is 32.2. The molecule has 4 atom stereocenters. The van der Waals surface area contributed by atoms with Gasteiger partial charge in [0.1, 0.15) is 18.8 Å². The Morgan fingerprint density at radius 3 is 1.96 bits per heavy atom. The van der Waals surface area contributed by atoms with E-state index in [0.717, 1.165) is 6.42 Å². The van der Waals surface area contributed by atoms with Gasteiger partial charge in [0, 0.05) is 12.1 Å². The van der Waals surface area contributed by atoms with Crippen LogP contribution in [0.3, 0.4) is 0 Å². The van der Waals surface area contributed by atoms with Crippen LogP contribution in [0.15, 0.2) is 0 Å². The summed E-state index contributed by atoms with van der Waals surface area (Å²) in [7, 11) is -3.47. The molecule has 0 radical (unpaired) electrons. The highest BCUT2D eigenvalue weighted by Crippen LogP contribution is 2.25. The minimum Gasteiger partial charge on any atom is -0.462 e. The van der Waals surface area contributed by atoms with E-state index in [1.165, 1.54) is 10.6 Å². The van der Waals surface area contributed by atoms with Crippen LogP contribution in [0.5, 0.6) is 0 Å². The van der Waals surface area contributed by atoms with E-state index in [-0.39, 0.29) is 30.6 Å². The van der Waals surface area contributed by atoms with Crippen LogP contribution in [0.25, 0.3) is 0 Å². The molecular formula is C20H42N2O5S. The van der Waals surface area contributed by atoms with Gasteiger partial charge in [-0.1, -0.05) is 41.0 Å². The summed E-state index contributed by atoms with van der Waals surface area (Å²) in [6.07, 6.45) is 1.17. The Hall–Kier alpha value is -0.700. The maximum atomic E-state index is 12.3. The third-order valence-electron chi connectivity index (χ3n) is 5.07. The van der Waals surface area contributed by atoms with Gasteiger partial charge >= 0.3 is 5.97 Å². The number of nitrogens with two attached hydrogens (primary N) is 1. The number of carbonyl (C=O) groups excluding carboxylic acids is 1. The van der Waals surface area contributed by atoms with Gasteiger partial charge in [-0.25, -0.2) is 8.42 Å². The van der Waals surface area contributed by atoms with E-state index >= 15 is 0 Å². The van der Waals surface area contributed by atoms with E-state index in [1.54, 1.807) is 0 Å². The van der Waals surface area contributed by atoms with E-state index < -0.39 is 33.7 Å². The van der Waals surface area contributed by atoms with Crippen molar-refractivity contribution in [1.29, 1.82) is 0 Å². The number of nitrogens with zero attached hydrogens (tertiary/aromatic N) is 1. The van der Waals surface area contributed by atoms with Gasteiger partial charge < -0.3 is 15.2 Å². The van der Waals surface area contributed by atoms with Crippen LogP contribution < -0.4 is 5.73 Å². The van der Waals surface area contributed by atoms with Crippen LogP contribution in [-0.4, -0.2) is 61.9 Å². The van der Waals surface area contributed by atoms with Crippen molar-refractivity contribution in [2.45, 2.75) is 92.5 Å². The quantitative estimate of drug-likeness (QED) is 0.544. The van der Waals surface area contributed by atoms with Crippen molar-refractivity contribution in [3.63, 3.8) is 0 Å². The predicted molar refractivity (Wildman–Crippen MR) is 113 cm³/mol. The first-order valence-corrected chi connectivity index (χ1v) is 11.8. The highest BCUT2D eigenvalue weighted by Gasteiger charge is 2.35. The van der Waals surface area contributed by atoms with E-state index in [4.69, 9.17) is 15.2 Å². The Bertz CT molecular complexity index is 593. The number of sulfonamides is 1. The average Bonchev–Trinajstić information content (AvgIpc) is 2.51. The van der Waals surface area contributed by atoms with Crippen molar-refractivity contribution in [3.05, 3.63) is 0 Å². The fourth-order valence-electron chi connectivity index (χ4n) is 2.48. The van der Waals surface area contributed by atoms with Gasteiger partial charge in [0.15, 0.2) is 0 Å². The molecule has 28 heavy (non-hydrogen) atoms. The van der Waals surface area contributed by atoms with Crippen LogP contribution in [0.2, 0.25) is 0 Å². The maximum Gasteiger partial charge on any atom is 0.323 e. The summed E-state index contributed by atoms with van der Waals surface area (Å²) in [5.41, 5.74) is 5.17. The maximum absolute atomic E-state index is 12.3. The normalized spacial score (nSPS) is 17.9. The lowest BCUT2D eigenvalue weighted by Gasteiger charge is -2.38. The van der Waals surface area contributed by atoms with Crippen LogP contribution in [0.4, 0.5) is 0 Å². The summed E-state index contributed by atoms with van der Waals surface area (Å²) in [5.74, 6) is -0.490. The zero-order valence-corrected chi connectivity index (χ0v) is 20.2. The Morgan fingerprint density at radius 1 is 1.11 bits per heavy atom. The molecule has 0 unspecified atom stereocenters. The summed E-state index contributed by atoms with van der Waals surface area (Å²) >= 11 is 0. The van der Waals surface area contributed by atoms with Gasteiger partial charge in [-0.05, 0) is 39.0 Å². The van der Waals surface area contributed by atoms with Gasteiger partial charge in [0.2, 0.25) is 10.0 Å². The van der Waals surface area contributed by atoms with E-state index in [2.05, 4.69) is 0 Å². The number of hydrogen-bond acceptors (Lipinski definition) is 6. The zero-order chi connectivity index (χ0) is 22.5. The van der Waals surface area contributed by atoms with Crippen molar-refractivity contribution in [2.75, 3.05) is 19.4 Å². The lowest BCUT2D eigenvalue weighted by Crippen LogP contribution is -2.51. The molecule has 7 nitrogen and oxygen atoms in total. The first-order chi connectivity index (χ1) is 12.4. The molecule has 0 amide bonds. The van der Waals surface area contributed by atoms with Gasteiger partial charge in [0.05, 0.1) is 12.4 Å². The number of ether oxygens (including phenoxy) is 2. The second-order valence-electron chi connectivity index (χ2n) is 9.77. The van der Waals surface area contributed by atoms with Crippen molar-refractivity contribution >= 4 is 16.0 Å². The van der Waals surface area contributed by atoms with Gasteiger partial charge in [-0.3, -0.25) is 4.79 Å². The number of hydrogen-bond donors (Lipinski definition) is 1. The fourth-order valence-corrected chi connectivity index (χ4v) is 3.91. The van der Waals surface area contributed by atoms with Crippen molar-refractivity contribution in [2.24, 2.45) is 17.1 Å². The predicted octanol–water partition coefficient (Wildman–Crippen LogP) is 2.78. The van der Waals surface area contributed by atoms with Crippen LogP contribution in [-0.2, 0) is 24.3 Å². The van der Waals surface area contributed by atoms with Crippen LogP contribution >= 0.6 is 0 Å². The molecule has 0 aromatic carbocycles. The summed E-state index contributed by atoms with van der Waals surface area (Å²) in [4.78, 5) is 12.3. The summed E-state index contributed by atoms with van der Waals surface area (Å²) in [6, 6.07) is -0.709. The molecule has 8 heteroatoms. The number of carbonyl (C=O) groups is 1. The number of esters is 1. The van der Waals surface area contributed by atoms with Crippen LogP contribution in [0.1, 0.15) is 68.7 Å². The Morgan fingerprint density at radius 2 is 1.61 bits per heavy atom. The second kappa shape index (κ2) is 10.4. The first-order valence-electron chi connectivity index (χ1n) is 9.96. The van der Waals surface area contributed by atoms with Crippen LogP contribution in [0, 0.1) is 11.3 Å². The molecule has 0 spiro atoms. The molecule has 0 fully saturated rings. The smallest absolute Gasteiger partial charge is 0.323 e. The Kier molecular flexibility index (Phi) is 10.1. The van der Waals surface area contributed by atoms with Crippen molar-refractivity contribution < 1.29 is 22.7 Å². The highest BCUT2D eigenvalue weighted by molar-refractivity contribution is 7.88. The number of rotatable bonds is 10. The molecular weight excluding hydrogens is 380 g/mol. The monoisotopic (exact) mass is 422 g/mol. The third-order valence-corrected chi connectivity index (χ3v) is 6.57. The fraction of sp³-hybridized carbons (Fsp3) is 0.950. The molecule has 0 heterocycles. The second-order valence-corrected chi connectivity index (χ2v) is 11.7.